The fourth-order valence-corrected chi connectivity index (χ4v) is 3.82. The summed E-state index contributed by atoms with van der Waals surface area (Å²) in [4.78, 5) is 16.4. The first-order chi connectivity index (χ1) is 11.5. The molecule has 2 aromatic carbocycles. The Morgan fingerprint density at radius 2 is 1.79 bits per heavy atom. The van der Waals surface area contributed by atoms with Crippen LogP contribution in [-0.4, -0.2) is 31.5 Å². The van der Waals surface area contributed by atoms with E-state index in [2.05, 4.69) is 10.3 Å². The van der Waals surface area contributed by atoms with Gasteiger partial charge in [-0.25, -0.2) is 17.7 Å². The van der Waals surface area contributed by atoms with Crippen LogP contribution in [0, 0.1) is 0 Å². The molecule has 1 N–H and O–H groups in total. The van der Waals surface area contributed by atoms with Gasteiger partial charge in [0.05, 0.1) is 11.7 Å². The number of rotatable bonds is 4. The Bertz CT molecular complexity index is 879. The molecule has 1 amide bonds. The van der Waals surface area contributed by atoms with Gasteiger partial charge in [0.25, 0.3) is 10.0 Å². The Morgan fingerprint density at radius 1 is 1.12 bits per heavy atom. The van der Waals surface area contributed by atoms with Crippen LogP contribution in [-0.2, 0) is 14.8 Å². The summed E-state index contributed by atoms with van der Waals surface area (Å²) >= 11 is 0. The van der Waals surface area contributed by atoms with Gasteiger partial charge in [0.15, 0.2) is 0 Å². The molecule has 0 saturated heterocycles. The lowest BCUT2D eigenvalue weighted by molar-refractivity contribution is -0.121. The molecule has 0 aromatic heterocycles. The normalized spacial score (nSPS) is 16.3. The number of carbonyl (C=O) groups excluding carboxylic acids is 1. The Morgan fingerprint density at radius 3 is 2.54 bits per heavy atom. The van der Waals surface area contributed by atoms with E-state index in [1.165, 1.54) is 12.4 Å². The minimum Gasteiger partial charge on any atom is -0.348 e. The summed E-state index contributed by atoms with van der Waals surface area (Å²) in [6.07, 6.45) is 1.18. The number of amides is 1. The molecule has 7 heteroatoms. The predicted octanol–water partition coefficient (Wildman–Crippen LogP) is 2.23. The summed E-state index contributed by atoms with van der Waals surface area (Å²) in [6.45, 7) is 1.54. The first-order valence-corrected chi connectivity index (χ1v) is 8.92. The maximum atomic E-state index is 12.6. The van der Waals surface area contributed by atoms with Crippen LogP contribution >= 0.6 is 0 Å². The van der Waals surface area contributed by atoms with Crippen LogP contribution in [0.1, 0.15) is 18.5 Å². The first kappa shape index (κ1) is 16.2. The van der Waals surface area contributed by atoms with Gasteiger partial charge in [-0.2, -0.15) is 0 Å². The molecule has 3 rings (SSSR count). The van der Waals surface area contributed by atoms with E-state index in [1.807, 2.05) is 37.3 Å². The van der Waals surface area contributed by atoms with Crippen LogP contribution in [0.25, 0.3) is 0 Å². The average molecular weight is 343 g/mol. The highest BCUT2D eigenvalue weighted by atomic mass is 32.2. The minimum atomic E-state index is -3.76. The van der Waals surface area contributed by atoms with Gasteiger partial charge in [0.2, 0.25) is 5.91 Å². The summed E-state index contributed by atoms with van der Waals surface area (Å²) in [5.41, 5.74) is 1.33. The van der Waals surface area contributed by atoms with Crippen molar-refractivity contribution >= 4 is 28.0 Å². The molecule has 2 aromatic rings. The number of para-hydroxylation sites is 1. The zero-order valence-electron chi connectivity index (χ0n) is 13.1. The van der Waals surface area contributed by atoms with E-state index in [-0.39, 0.29) is 23.4 Å². The SMILES string of the molecule is C[C@H](NC(=O)CN1C=Nc2ccccc2S1(=O)=O)c1ccccc1. The van der Waals surface area contributed by atoms with E-state index < -0.39 is 10.0 Å². The summed E-state index contributed by atoms with van der Waals surface area (Å²) in [5, 5.41) is 2.80. The number of nitrogens with one attached hydrogen (secondary N) is 1. The van der Waals surface area contributed by atoms with Gasteiger partial charge in [-0.1, -0.05) is 42.5 Å². The molecule has 1 heterocycles. The molecule has 0 aliphatic carbocycles. The number of aliphatic imine (C=N–C) groups is 1. The topological polar surface area (TPSA) is 78.8 Å². The van der Waals surface area contributed by atoms with Crippen molar-refractivity contribution < 1.29 is 13.2 Å². The van der Waals surface area contributed by atoms with Crippen LogP contribution in [0.2, 0.25) is 0 Å². The lowest BCUT2D eigenvalue weighted by Gasteiger charge is -2.24. The van der Waals surface area contributed by atoms with Gasteiger partial charge in [0, 0.05) is 0 Å². The van der Waals surface area contributed by atoms with Gasteiger partial charge >= 0.3 is 0 Å². The third kappa shape index (κ3) is 3.16. The van der Waals surface area contributed by atoms with Crippen molar-refractivity contribution in [3.05, 3.63) is 60.2 Å². The molecule has 0 spiro atoms. The standard InChI is InChI=1S/C17H17N3O3S/c1-13(14-7-3-2-4-8-14)19-17(21)11-20-12-18-15-9-5-6-10-16(15)24(20,22)23/h2-10,12-13H,11H2,1H3,(H,19,21)/t13-/m0/s1. The fourth-order valence-electron chi connectivity index (χ4n) is 2.48. The van der Waals surface area contributed by atoms with Crippen LogP contribution in [0.4, 0.5) is 5.69 Å². The third-order valence-corrected chi connectivity index (χ3v) is 5.50. The summed E-state index contributed by atoms with van der Waals surface area (Å²) in [6, 6.07) is 15.7. The number of hydrogen-bond acceptors (Lipinski definition) is 4. The molecule has 0 fully saturated rings. The Balaban J connectivity index is 1.72. The van der Waals surface area contributed by atoms with Crippen LogP contribution in [0.3, 0.4) is 0 Å². The highest BCUT2D eigenvalue weighted by Gasteiger charge is 2.30. The third-order valence-electron chi connectivity index (χ3n) is 3.75. The maximum Gasteiger partial charge on any atom is 0.267 e. The molecule has 0 radical (unpaired) electrons. The quantitative estimate of drug-likeness (QED) is 0.924. The molecule has 1 aliphatic heterocycles. The Kier molecular flexibility index (Phi) is 4.35. The number of nitrogens with zero attached hydrogens (tertiary/aromatic N) is 2. The van der Waals surface area contributed by atoms with E-state index >= 15 is 0 Å². The monoisotopic (exact) mass is 343 g/mol. The first-order valence-electron chi connectivity index (χ1n) is 7.48. The van der Waals surface area contributed by atoms with E-state index in [0.29, 0.717) is 5.69 Å². The number of carbonyl (C=O) groups is 1. The molecule has 24 heavy (non-hydrogen) atoms. The predicted molar refractivity (Wildman–Crippen MR) is 91.5 cm³/mol. The summed E-state index contributed by atoms with van der Waals surface area (Å²) < 4.78 is 26.1. The molecular weight excluding hydrogens is 326 g/mol. The van der Waals surface area contributed by atoms with E-state index in [4.69, 9.17) is 0 Å². The second-order valence-electron chi connectivity index (χ2n) is 5.46. The Labute approximate surface area is 140 Å². The van der Waals surface area contributed by atoms with Gasteiger partial charge in [-0.3, -0.25) is 4.79 Å². The van der Waals surface area contributed by atoms with Crippen molar-refractivity contribution in [3.63, 3.8) is 0 Å². The highest BCUT2D eigenvalue weighted by Crippen LogP contribution is 2.29. The van der Waals surface area contributed by atoms with Crippen LogP contribution in [0.15, 0.2) is 64.5 Å². The molecule has 0 saturated carbocycles. The van der Waals surface area contributed by atoms with Crippen LogP contribution < -0.4 is 5.32 Å². The smallest absolute Gasteiger partial charge is 0.267 e. The second-order valence-corrected chi connectivity index (χ2v) is 7.32. The van der Waals surface area contributed by atoms with Gasteiger partial charge in [-0.05, 0) is 24.6 Å². The lowest BCUT2D eigenvalue weighted by atomic mass is 10.1. The van der Waals surface area contributed by atoms with E-state index in [0.717, 1.165) is 9.87 Å². The van der Waals surface area contributed by atoms with Crippen molar-refractivity contribution in [2.24, 2.45) is 4.99 Å². The second kappa shape index (κ2) is 6.45. The molecule has 1 aliphatic rings. The highest BCUT2D eigenvalue weighted by molar-refractivity contribution is 7.89. The van der Waals surface area contributed by atoms with Gasteiger partial charge in [-0.15, -0.1) is 0 Å². The fraction of sp³-hybridized carbons (Fsp3) is 0.176. The van der Waals surface area contributed by atoms with Crippen molar-refractivity contribution in [3.8, 4) is 0 Å². The molecule has 6 nitrogen and oxygen atoms in total. The van der Waals surface area contributed by atoms with Crippen LogP contribution in [0.5, 0.6) is 0 Å². The zero-order valence-corrected chi connectivity index (χ0v) is 13.9. The van der Waals surface area contributed by atoms with Crippen molar-refractivity contribution in [2.45, 2.75) is 17.9 Å². The van der Waals surface area contributed by atoms with Gasteiger partial charge < -0.3 is 5.32 Å². The Hall–Kier alpha value is -2.67. The number of benzene rings is 2. The molecule has 124 valence electrons. The van der Waals surface area contributed by atoms with Crippen molar-refractivity contribution in [1.82, 2.24) is 9.62 Å². The minimum absolute atomic E-state index is 0.108. The van der Waals surface area contributed by atoms with Gasteiger partial charge in [0.1, 0.15) is 17.8 Å². The number of hydrogen-bond donors (Lipinski definition) is 1. The molecule has 0 unspecified atom stereocenters. The molecule has 1 atom stereocenters. The van der Waals surface area contributed by atoms with Crippen molar-refractivity contribution in [1.29, 1.82) is 0 Å². The molecule has 0 bridgehead atoms. The number of sulfonamides is 1. The summed E-state index contributed by atoms with van der Waals surface area (Å²) in [5.74, 6) is -0.388. The summed E-state index contributed by atoms with van der Waals surface area (Å²) in [7, 11) is -3.76. The average Bonchev–Trinajstić information content (AvgIpc) is 2.58. The number of fused-ring (bicyclic) bond motifs is 1. The zero-order chi connectivity index (χ0) is 17.2. The van der Waals surface area contributed by atoms with Crippen molar-refractivity contribution in [2.75, 3.05) is 6.54 Å². The largest absolute Gasteiger partial charge is 0.348 e. The van der Waals surface area contributed by atoms with E-state index in [1.54, 1.807) is 18.2 Å². The maximum absolute atomic E-state index is 12.6. The molecular formula is C17H17N3O3S. The lowest BCUT2D eigenvalue weighted by Crippen LogP contribution is -2.41. The van der Waals surface area contributed by atoms with E-state index in [9.17, 15) is 13.2 Å².